The molecule has 1 saturated carbocycles. The first-order chi connectivity index (χ1) is 11.7. The minimum Gasteiger partial charge on any atom is -0.469 e. The van der Waals surface area contributed by atoms with Crippen LogP contribution in [0.25, 0.3) is 0 Å². The summed E-state index contributed by atoms with van der Waals surface area (Å²) in [5.74, 6) is 1.53. The van der Waals surface area contributed by atoms with Crippen LogP contribution in [0, 0.1) is 17.8 Å². The Hall–Kier alpha value is -1.05. The minimum atomic E-state index is -0.0941. The largest absolute Gasteiger partial charge is 0.469 e. The number of carbonyl (C=O) groups is 1. The second-order valence-corrected chi connectivity index (χ2v) is 7.34. The van der Waals surface area contributed by atoms with Gasteiger partial charge < -0.3 is 4.74 Å². The van der Waals surface area contributed by atoms with E-state index in [1.165, 1.54) is 64.9 Å². The molecule has 0 radical (unpaired) electrons. The summed E-state index contributed by atoms with van der Waals surface area (Å²) in [6.07, 6.45) is 23.3. The molecule has 2 heteroatoms. The van der Waals surface area contributed by atoms with Crippen LogP contribution in [0.2, 0.25) is 0 Å². The van der Waals surface area contributed by atoms with E-state index in [0.717, 1.165) is 24.7 Å². The topological polar surface area (TPSA) is 26.3 Å². The molecule has 0 aromatic heterocycles. The third-order valence-corrected chi connectivity index (χ3v) is 5.30. The highest BCUT2D eigenvalue weighted by Crippen LogP contribution is 2.35. The van der Waals surface area contributed by atoms with Crippen LogP contribution in [0.15, 0.2) is 24.3 Å². The standard InChI is InChI=1S/C22H38O2/c1-4-5-6-7-8-11-15-20-17-13-18-21(20)16-12-9-10-14-19(2)22(23)24-3/h9,11-12,15,19-21H,4-8,10,13-14,16-18H2,1-3H3/t19?,20-,21-/m0/s1. The van der Waals surface area contributed by atoms with E-state index in [0.29, 0.717) is 0 Å². The van der Waals surface area contributed by atoms with Crippen molar-refractivity contribution in [1.82, 2.24) is 0 Å². The van der Waals surface area contributed by atoms with Crippen LogP contribution in [0.5, 0.6) is 0 Å². The maximum atomic E-state index is 11.4. The first-order valence-electron chi connectivity index (χ1n) is 10.1. The first-order valence-corrected chi connectivity index (χ1v) is 10.1. The molecule has 0 aromatic carbocycles. The van der Waals surface area contributed by atoms with Gasteiger partial charge in [0.05, 0.1) is 13.0 Å². The lowest BCUT2D eigenvalue weighted by Gasteiger charge is -2.14. The monoisotopic (exact) mass is 334 g/mol. The van der Waals surface area contributed by atoms with Crippen molar-refractivity contribution in [3.05, 3.63) is 24.3 Å². The Kier molecular flexibility index (Phi) is 11.6. The van der Waals surface area contributed by atoms with Gasteiger partial charge in [-0.25, -0.2) is 0 Å². The van der Waals surface area contributed by atoms with Crippen LogP contribution in [-0.2, 0) is 9.53 Å². The number of unbranched alkanes of at least 4 members (excludes halogenated alkanes) is 4. The molecule has 0 heterocycles. The molecule has 0 spiro atoms. The molecule has 0 aromatic rings. The van der Waals surface area contributed by atoms with E-state index < -0.39 is 0 Å². The number of allylic oxidation sites excluding steroid dienone is 4. The van der Waals surface area contributed by atoms with Gasteiger partial charge in [0, 0.05) is 0 Å². The predicted octanol–water partition coefficient (Wildman–Crippen LogP) is 6.46. The molecular weight excluding hydrogens is 296 g/mol. The Morgan fingerprint density at radius 2 is 1.96 bits per heavy atom. The van der Waals surface area contributed by atoms with E-state index >= 15 is 0 Å². The summed E-state index contributed by atoms with van der Waals surface area (Å²) in [6, 6.07) is 0. The molecule has 0 amide bonds. The van der Waals surface area contributed by atoms with Gasteiger partial charge in [0.25, 0.3) is 0 Å². The summed E-state index contributed by atoms with van der Waals surface area (Å²) in [7, 11) is 1.46. The van der Waals surface area contributed by atoms with Crippen molar-refractivity contribution in [1.29, 1.82) is 0 Å². The molecule has 0 aliphatic heterocycles. The predicted molar refractivity (Wildman–Crippen MR) is 103 cm³/mol. The van der Waals surface area contributed by atoms with Gasteiger partial charge in [-0.05, 0) is 56.8 Å². The molecule has 138 valence electrons. The highest BCUT2D eigenvalue weighted by atomic mass is 16.5. The average molecular weight is 335 g/mol. The molecule has 1 rings (SSSR count). The van der Waals surface area contributed by atoms with E-state index in [9.17, 15) is 4.79 Å². The van der Waals surface area contributed by atoms with Crippen LogP contribution in [0.3, 0.4) is 0 Å². The lowest BCUT2D eigenvalue weighted by atomic mass is 9.92. The van der Waals surface area contributed by atoms with E-state index in [4.69, 9.17) is 4.74 Å². The molecule has 2 nitrogen and oxygen atoms in total. The second-order valence-electron chi connectivity index (χ2n) is 7.34. The van der Waals surface area contributed by atoms with Crippen LogP contribution in [-0.4, -0.2) is 13.1 Å². The van der Waals surface area contributed by atoms with Gasteiger partial charge in [-0.3, -0.25) is 4.79 Å². The summed E-state index contributed by atoms with van der Waals surface area (Å²) < 4.78 is 4.76. The number of hydrogen-bond donors (Lipinski definition) is 0. The number of hydrogen-bond acceptors (Lipinski definition) is 2. The number of esters is 1. The zero-order chi connectivity index (χ0) is 17.6. The van der Waals surface area contributed by atoms with E-state index in [2.05, 4.69) is 31.2 Å². The molecule has 0 bridgehead atoms. The Balaban J connectivity index is 2.20. The van der Waals surface area contributed by atoms with Crippen molar-refractivity contribution >= 4 is 5.97 Å². The van der Waals surface area contributed by atoms with Crippen LogP contribution in [0.4, 0.5) is 0 Å². The molecule has 1 aliphatic rings. The van der Waals surface area contributed by atoms with Gasteiger partial charge in [-0.15, -0.1) is 0 Å². The van der Waals surface area contributed by atoms with Gasteiger partial charge in [0.1, 0.15) is 0 Å². The molecule has 24 heavy (non-hydrogen) atoms. The zero-order valence-electron chi connectivity index (χ0n) is 16.1. The van der Waals surface area contributed by atoms with Crippen molar-refractivity contribution < 1.29 is 9.53 Å². The molecule has 0 saturated heterocycles. The summed E-state index contributed by atoms with van der Waals surface area (Å²) in [5.41, 5.74) is 0. The Bertz CT molecular complexity index is 383. The highest BCUT2D eigenvalue weighted by molar-refractivity contribution is 5.71. The maximum absolute atomic E-state index is 11.4. The molecule has 3 atom stereocenters. The van der Waals surface area contributed by atoms with Crippen LogP contribution < -0.4 is 0 Å². The number of rotatable bonds is 12. The quantitative estimate of drug-likeness (QED) is 0.232. The second kappa shape index (κ2) is 13.3. The fraction of sp³-hybridized carbons (Fsp3) is 0.773. The lowest BCUT2D eigenvalue weighted by molar-refractivity contribution is -0.144. The minimum absolute atomic E-state index is 0.00882. The Morgan fingerprint density at radius 1 is 1.12 bits per heavy atom. The van der Waals surface area contributed by atoms with Crippen molar-refractivity contribution in [2.24, 2.45) is 17.8 Å². The fourth-order valence-electron chi connectivity index (χ4n) is 3.63. The van der Waals surface area contributed by atoms with Gasteiger partial charge in [0.2, 0.25) is 0 Å². The molecule has 1 aliphatic carbocycles. The van der Waals surface area contributed by atoms with Crippen LogP contribution in [0.1, 0.15) is 84.5 Å². The van der Waals surface area contributed by atoms with Gasteiger partial charge in [-0.2, -0.15) is 0 Å². The Morgan fingerprint density at radius 3 is 2.71 bits per heavy atom. The van der Waals surface area contributed by atoms with Crippen molar-refractivity contribution in [2.75, 3.05) is 7.11 Å². The smallest absolute Gasteiger partial charge is 0.308 e. The third kappa shape index (κ3) is 8.70. The van der Waals surface area contributed by atoms with Crippen molar-refractivity contribution in [2.45, 2.75) is 84.5 Å². The summed E-state index contributed by atoms with van der Waals surface area (Å²) in [6.45, 7) is 4.21. The summed E-state index contributed by atoms with van der Waals surface area (Å²) in [4.78, 5) is 11.4. The first kappa shape index (κ1) is 21.0. The summed E-state index contributed by atoms with van der Waals surface area (Å²) in [5, 5.41) is 0. The molecule has 1 unspecified atom stereocenters. The van der Waals surface area contributed by atoms with E-state index in [1.807, 2.05) is 6.92 Å². The maximum Gasteiger partial charge on any atom is 0.308 e. The number of carbonyl (C=O) groups excluding carboxylic acids is 1. The molecule has 0 N–H and O–H groups in total. The van der Waals surface area contributed by atoms with E-state index in [-0.39, 0.29) is 11.9 Å². The summed E-state index contributed by atoms with van der Waals surface area (Å²) >= 11 is 0. The van der Waals surface area contributed by atoms with Gasteiger partial charge in [-0.1, -0.05) is 63.8 Å². The Labute approximate surface area is 149 Å². The highest BCUT2D eigenvalue weighted by Gasteiger charge is 2.23. The average Bonchev–Trinajstić information content (AvgIpc) is 3.04. The normalized spacial score (nSPS) is 22.5. The number of ether oxygens (including phenoxy) is 1. The van der Waals surface area contributed by atoms with Crippen molar-refractivity contribution in [3.8, 4) is 0 Å². The SMILES string of the molecule is CCCCCCC=C[C@H]1CCC[C@@H]1CC=CCCC(C)C(=O)OC. The molecular formula is C22H38O2. The van der Waals surface area contributed by atoms with Crippen molar-refractivity contribution in [3.63, 3.8) is 0 Å². The molecule has 1 fully saturated rings. The fourth-order valence-corrected chi connectivity index (χ4v) is 3.63. The zero-order valence-corrected chi connectivity index (χ0v) is 16.1. The van der Waals surface area contributed by atoms with Crippen LogP contribution >= 0.6 is 0 Å². The van der Waals surface area contributed by atoms with Gasteiger partial charge >= 0.3 is 5.97 Å². The lowest BCUT2D eigenvalue weighted by Crippen LogP contribution is -2.11. The van der Waals surface area contributed by atoms with Gasteiger partial charge in [0.15, 0.2) is 0 Å². The number of methoxy groups -OCH3 is 1. The van der Waals surface area contributed by atoms with E-state index in [1.54, 1.807) is 0 Å². The third-order valence-electron chi connectivity index (χ3n) is 5.30.